The molecule has 8 heteroatoms. The Hall–Kier alpha value is -2.61. The lowest BCUT2D eigenvalue weighted by atomic mass is 10.2. The summed E-state index contributed by atoms with van der Waals surface area (Å²) in [4.78, 5) is 16.5. The van der Waals surface area contributed by atoms with Crippen molar-refractivity contribution in [2.45, 2.75) is 19.4 Å². The Balaban J connectivity index is 1.74. The van der Waals surface area contributed by atoms with Crippen LogP contribution in [0.4, 0.5) is 11.4 Å². The summed E-state index contributed by atoms with van der Waals surface area (Å²) in [7, 11) is -1.45. The highest BCUT2D eigenvalue weighted by molar-refractivity contribution is 7.91. The van der Waals surface area contributed by atoms with E-state index in [1.54, 1.807) is 19.4 Å². The van der Waals surface area contributed by atoms with Crippen LogP contribution in [0.15, 0.2) is 36.7 Å². The second-order valence-electron chi connectivity index (χ2n) is 6.36. The molecule has 2 N–H and O–H groups in total. The molecule has 1 aromatic carbocycles. The van der Waals surface area contributed by atoms with Gasteiger partial charge in [0, 0.05) is 12.2 Å². The van der Waals surface area contributed by atoms with Crippen molar-refractivity contribution in [1.82, 2.24) is 10.3 Å². The number of carbonyl (C=O) groups excluding carboxylic acids is 1. The standard InChI is InChI=1S/C18H21N3O4S/c1-12-3-4-17(25-2)16(7-12)20-15-8-13(9-19-10-15)18(22)21-14-5-6-26(23,24)11-14/h3-4,7-10,14,20H,5-6,11H2,1-2H3,(H,21,22). The number of anilines is 2. The highest BCUT2D eigenvalue weighted by Crippen LogP contribution is 2.28. The molecule has 0 radical (unpaired) electrons. The van der Waals surface area contributed by atoms with E-state index < -0.39 is 9.84 Å². The first kappa shape index (κ1) is 18.2. The Morgan fingerprint density at radius 1 is 1.27 bits per heavy atom. The quantitative estimate of drug-likeness (QED) is 0.830. The lowest BCUT2D eigenvalue weighted by Crippen LogP contribution is -2.35. The van der Waals surface area contributed by atoms with Crippen LogP contribution in [0.1, 0.15) is 22.3 Å². The fraction of sp³-hybridized carbons (Fsp3) is 0.333. The van der Waals surface area contributed by atoms with Gasteiger partial charge in [-0.1, -0.05) is 6.07 Å². The van der Waals surface area contributed by atoms with Gasteiger partial charge in [-0.3, -0.25) is 9.78 Å². The number of nitrogens with zero attached hydrogens (tertiary/aromatic N) is 1. The zero-order valence-electron chi connectivity index (χ0n) is 14.7. The molecule has 1 saturated heterocycles. The van der Waals surface area contributed by atoms with E-state index in [-0.39, 0.29) is 23.5 Å². The molecule has 3 rings (SSSR count). The maximum absolute atomic E-state index is 12.4. The molecule has 1 fully saturated rings. The zero-order valence-corrected chi connectivity index (χ0v) is 15.5. The van der Waals surface area contributed by atoms with Crippen molar-refractivity contribution < 1.29 is 17.9 Å². The van der Waals surface area contributed by atoms with Gasteiger partial charge in [0.05, 0.1) is 41.8 Å². The molecule has 0 bridgehead atoms. The number of carbonyl (C=O) groups is 1. The molecule has 1 atom stereocenters. The first-order valence-electron chi connectivity index (χ1n) is 8.24. The van der Waals surface area contributed by atoms with Gasteiger partial charge in [0.2, 0.25) is 0 Å². The number of aromatic nitrogens is 1. The normalized spacial score (nSPS) is 18.3. The molecular weight excluding hydrogens is 354 g/mol. The highest BCUT2D eigenvalue weighted by atomic mass is 32.2. The summed E-state index contributed by atoms with van der Waals surface area (Å²) in [5.41, 5.74) is 2.85. The monoisotopic (exact) mass is 375 g/mol. The number of rotatable bonds is 5. The maximum atomic E-state index is 12.4. The second-order valence-corrected chi connectivity index (χ2v) is 8.59. The summed E-state index contributed by atoms with van der Waals surface area (Å²) >= 11 is 0. The third-order valence-corrected chi connectivity index (χ3v) is 5.97. The minimum Gasteiger partial charge on any atom is -0.495 e. The van der Waals surface area contributed by atoms with E-state index in [1.165, 1.54) is 6.20 Å². The number of hydrogen-bond acceptors (Lipinski definition) is 6. The molecule has 2 heterocycles. The molecule has 0 saturated carbocycles. The van der Waals surface area contributed by atoms with Crippen molar-refractivity contribution in [3.63, 3.8) is 0 Å². The molecular formula is C18H21N3O4S. The van der Waals surface area contributed by atoms with Gasteiger partial charge in [0.15, 0.2) is 9.84 Å². The minimum atomic E-state index is -3.04. The fourth-order valence-corrected chi connectivity index (χ4v) is 4.56. The van der Waals surface area contributed by atoms with E-state index in [0.717, 1.165) is 11.3 Å². The number of sulfone groups is 1. The van der Waals surface area contributed by atoms with Crippen LogP contribution < -0.4 is 15.4 Å². The van der Waals surface area contributed by atoms with Crippen LogP contribution in [0.5, 0.6) is 5.75 Å². The van der Waals surface area contributed by atoms with Crippen molar-refractivity contribution in [3.8, 4) is 5.75 Å². The molecule has 138 valence electrons. The summed E-state index contributed by atoms with van der Waals surface area (Å²) in [6.45, 7) is 1.97. The third kappa shape index (κ3) is 4.32. The van der Waals surface area contributed by atoms with Crippen LogP contribution in [-0.2, 0) is 9.84 Å². The summed E-state index contributed by atoms with van der Waals surface area (Å²) in [6.07, 6.45) is 3.51. The lowest BCUT2D eigenvalue weighted by Gasteiger charge is -2.14. The minimum absolute atomic E-state index is 0.00933. The van der Waals surface area contributed by atoms with Gasteiger partial charge < -0.3 is 15.4 Å². The number of methoxy groups -OCH3 is 1. The molecule has 7 nitrogen and oxygen atoms in total. The van der Waals surface area contributed by atoms with Gasteiger partial charge in [0.1, 0.15) is 5.75 Å². The van der Waals surface area contributed by atoms with Crippen molar-refractivity contribution in [2.24, 2.45) is 0 Å². The molecule has 1 aliphatic rings. The molecule has 1 aromatic heterocycles. The number of nitrogens with one attached hydrogen (secondary N) is 2. The van der Waals surface area contributed by atoms with E-state index in [9.17, 15) is 13.2 Å². The molecule has 1 aliphatic heterocycles. The number of aryl methyl sites for hydroxylation is 1. The number of amides is 1. The third-order valence-electron chi connectivity index (χ3n) is 4.20. The first-order chi connectivity index (χ1) is 12.4. The maximum Gasteiger partial charge on any atom is 0.253 e. The average molecular weight is 375 g/mol. The van der Waals surface area contributed by atoms with E-state index in [0.29, 0.717) is 23.4 Å². The molecule has 1 unspecified atom stereocenters. The van der Waals surface area contributed by atoms with Gasteiger partial charge in [0.25, 0.3) is 5.91 Å². The van der Waals surface area contributed by atoms with Crippen LogP contribution in [0, 0.1) is 6.92 Å². The van der Waals surface area contributed by atoms with E-state index in [1.807, 2.05) is 25.1 Å². The smallest absolute Gasteiger partial charge is 0.253 e. The molecule has 1 amide bonds. The van der Waals surface area contributed by atoms with Gasteiger partial charge in [-0.15, -0.1) is 0 Å². The van der Waals surface area contributed by atoms with Gasteiger partial charge >= 0.3 is 0 Å². The molecule has 26 heavy (non-hydrogen) atoms. The number of pyridine rings is 1. The topological polar surface area (TPSA) is 97.4 Å². The number of benzene rings is 1. The average Bonchev–Trinajstić information content (AvgIpc) is 2.94. The largest absolute Gasteiger partial charge is 0.495 e. The first-order valence-corrected chi connectivity index (χ1v) is 10.1. The zero-order chi connectivity index (χ0) is 18.7. The molecule has 0 aliphatic carbocycles. The Bertz CT molecular complexity index is 928. The van der Waals surface area contributed by atoms with Crippen molar-refractivity contribution >= 4 is 27.1 Å². The SMILES string of the molecule is COc1ccc(C)cc1Nc1cncc(C(=O)NC2CCS(=O)(=O)C2)c1. The summed E-state index contributed by atoms with van der Waals surface area (Å²) in [5.74, 6) is 0.455. The molecule has 2 aromatic rings. The van der Waals surface area contributed by atoms with Crippen molar-refractivity contribution in [3.05, 3.63) is 47.8 Å². The van der Waals surface area contributed by atoms with Crippen LogP contribution in [0.2, 0.25) is 0 Å². The van der Waals surface area contributed by atoms with E-state index in [4.69, 9.17) is 4.74 Å². The van der Waals surface area contributed by atoms with Crippen molar-refractivity contribution in [2.75, 3.05) is 23.9 Å². The number of ether oxygens (including phenoxy) is 1. The van der Waals surface area contributed by atoms with Crippen LogP contribution >= 0.6 is 0 Å². The summed E-state index contributed by atoms with van der Waals surface area (Å²) < 4.78 is 28.4. The fourth-order valence-electron chi connectivity index (χ4n) is 2.89. The summed E-state index contributed by atoms with van der Waals surface area (Å²) in [5, 5.41) is 5.97. The Morgan fingerprint density at radius 2 is 2.08 bits per heavy atom. The van der Waals surface area contributed by atoms with Gasteiger partial charge in [-0.05, 0) is 37.1 Å². The van der Waals surface area contributed by atoms with Crippen molar-refractivity contribution in [1.29, 1.82) is 0 Å². The Labute approximate surface area is 152 Å². The Kier molecular flexibility index (Phi) is 5.13. The second kappa shape index (κ2) is 7.33. The van der Waals surface area contributed by atoms with Gasteiger partial charge in [-0.25, -0.2) is 8.42 Å². The van der Waals surface area contributed by atoms with Crippen LogP contribution in [-0.4, -0.2) is 44.0 Å². The number of hydrogen-bond donors (Lipinski definition) is 2. The van der Waals surface area contributed by atoms with Crippen LogP contribution in [0.3, 0.4) is 0 Å². The van der Waals surface area contributed by atoms with E-state index in [2.05, 4.69) is 15.6 Å². The Morgan fingerprint density at radius 3 is 2.77 bits per heavy atom. The van der Waals surface area contributed by atoms with Crippen LogP contribution in [0.25, 0.3) is 0 Å². The molecule has 0 spiro atoms. The highest BCUT2D eigenvalue weighted by Gasteiger charge is 2.29. The summed E-state index contributed by atoms with van der Waals surface area (Å²) in [6, 6.07) is 7.08. The lowest BCUT2D eigenvalue weighted by molar-refractivity contribution is 0.0941. The predicted octanol–water partition coefficient (Wildman–Crippen LogP) is 2.06. The van der Waals surface area contributed by atoms with Gasteiger partial charge in [-0.2, -0.15) is 0 Å². The van der Waals surface area contributed by atoms with E-state index >= 15 is 0 Å². The predicted molar refractivity (Wildman–Crippen MR) is 99.8 cm³/mol.